The van der Waals surface area contributed by atoms with Crippen molar-refractivity contribution in [3.8, 4) is 11.3 Å². The molecule has 0 atom stereocenters. The summed E-state index contributed by atoms with van der Waals surface area (Å²) in [6.45, 7) is 4.45. The van der Waals surface area contributed by atoms with Crippen molar-refractivity contribution in [2.45, 2.75) is 90.9 Å². The lowest BCUT2D eigenvalue weighted by molar-refractivity contribution is 0.248. The molecule has 1 fully saturated rings. The molecule has 0 aliphatic heterocycles. The average Bonchev–Trinajstić information content (AvgIpc) is 2.75. The number of pyridine rings is 1. The molecule has 0 amide bonds. The molecular formula is C27H38FN. The van der Waals surface area contributed by atoms with Gasteiger partial charge in [-0.1, -0.05) is 89.8 Å². The van der Waals surface area contributed by atoms with E-state index in [2.05, 4.69) is 24.9 Å². The van der Waals surface area contributed by atoms with Crippen LogP contribution in [0.4, 0.5) is 4.39 Å². The van der Waals surface area contributed by atoms with Gasteiger partial charge in [0.15, 0.2) is 0 Å². The van der Waals surface area contributed by atoms with Gasteiger partial charge in [-0.15, -0.1) is 0 Å². The van der Waals surface area contributed by atoms with Crippen LogP contribution in [-0.2, 0) is 12.8 Å². The van der Waals surface area contributed by atoms with Crippen molar-refractivity contribution >= 4 is 0 Å². The van der Waals surface area contributed by atoms with Crippen molar-refractivity contribution in [3.63, 3.8) is 0 Å². The number of aromatic nitrogens is 1. The largest absolute Gasteiger partial charge is 0.256 e. The van der Waals surface area contributed by atoms with Crippen molar-refractivity contribution in [1.82, 2.24) is 4.98 Å². The fourth-order valence-electron chi connectivity index (χ4n) is 4.79. The second-order valence-electron chi connectivity index (χ2n) is 9.03. The monoisotopic (exact) mass is 395 g/mol. The number of unbranched alkanes of at least 4 members (excludes halogenated alkanes) is 2. The molecule has 0 N–H and O–H groups in total. The summed E-state index contributed by atoms with van der Waals surface area (Å²) in [7, 11) is 0. The third-order valence-electron chi connectivity index (χ3n) is 6.72. The van der Waals surface area contributed by atoms with E-state index in [-0.39, 0.29) is 5.82 Å². The second-order valence-corrected chi connectivity index (χ2v) is 9.03. The van der Waals surface area contributed by atoms with E-state index in [1.807, 2.05) is 24.4 Å². The minimum absolute atomic E-state index is 0.0739. The van der Waals surface area contributed by atoms with Crippen LogP contribution in [0.3, 0.4) is 0 Å². The zero-order valence-corrected chi connectivity index (χ0v) is 18.4. The van der Waals surface area contributed by atoms with E-state index >= 15 is 0 Å². The molecule has 1 aliphatic rings. The fourth-order valence-corrected chi connectivity index (χ4v) is 4.79. The van der Waals surface area contributed by atoms with Crippen molar-refractivity contribution < 1.29 is 4.39 Å². The molecule has 2 heteroatoms. The van der Waals surface area contributed by atoms with Crippen LogP contribution in [0.5, 0.6) is 0 Å². The number of hydrogen-bond acceptors (Lipinski definition) is 1. The summed E-state index contributed by atoms with van der Waals surface area (Å²) in [5.41, 5.74) is 3.84. The number of hydrogen-bond donors (Lipinski definition) is 0. The lowest BCUT2D eigenvalue weighted by Crippen LogP contribution is -2.15. The maximum absolute atomic E-state index is 14.7. The molecule has 1 aromatic heterocycles. The van der Waals surface area contributed by atoms with Crippen LogP contribution in [0.15, 0.2) is 36.5 Å². The highest BCUT2D eigenvalue weighted by Gasteiger charge is 2.21. The Morgan fingerprint density at radius 1 is 0.862 bits per heavy atom. The highest BCUT2D eigenvalue weighted by molar-refractivity contribution is 5.59. The smallest absolute Gasteiger partial charge is 0.127 e. The maximum Gasteiger partial charge on any atom is 0.127 e. The first-order valence-corrected chi connectivity index (χ1v) is 11.9. The highest BCUT2D eigenvalue weighted by Crippen LogP contribution is 2.34. The highest BCUT2D eigenvalue weighted by atomic mass is 19.1. The standard InChI is InChI=1S/C27H38FN/c1-3-5-6-8-21-9-11-22(12-10-21)13-15-24-16-17-25(19-26(24)28)27-18-14-23(7-4-2)20-29-27/h14,16-22H,3-13,15H2,1-2H3. The maximum atomic E-state index is 14.7. The van der Waals surface area contributed by atoms with E-state index in [1.165, 1.54) is 56.9 Å². The first-order valence-electron chi connectivity index (χ1n) is 11.9. The summed E-state index contributed by atoms with van der Waals surface area (Å²) in [6, 6.07) is 9.80. The summed E-state index contributed by atoms with van der Waals surface area (Å²) < 4.78 is 14.7. The third-order valence-corrected chi connectivity index (χ3v) is 6.72. The van der Waals surface area contributed by atoms with Gasteiger partial charge in [0.05, 0.1) is 5.69 Å². The molecule has 0 spiro atoms. The minimum Gasteiger partial charge on any atom is -0.256 e. The molecule has 0 unspecified atom stereocenters. The van der Waals surface area contributed by atoms with Crippen LogP contribution < -0.4 is 0 Å². The van der Waals surface area contributed by atoms with E-state index in [1.54, 1.807) is 6.07 Å². The Balaban J connectivity index is 1.48. The molecule has 0 bridgehead atoms. The lowest BCUT2D eigenvalue weighted by Gasteiger charge is -2.28. The Kier molecular flexibility index (Phi) is 8.70. The molecule has 1 saturated carbocycles. The molecule has 158 valence electrons. The first kappa shape index (κ1) is 22.0. The van der Waals surface area contributed by atoms with Gasteiger partial charge in [0.1, 0.15) is 5.82 Å². The minimum atomic E-state index is -0.0739. The summed E-state index contributed by atoms with van der Waals surface area (Å²) in [5.74, 6) is 1.66. The van der Waals surface area contributed by atoms with Crippen molar-refractivity contribution in [2.24, 2.45) is 11.8 Å². The Morgan fingerprint density at radius 2 is 1.62 bits per heavy atom. The van der Waals surface area contributed by atoms with Crippen LogP contribution in [0, 0.1) is 17.7 Å². The Hall–Kier alpha value is -1.70. The Labute approximate surface area is 177 Å². The molecule has 1 aromatic carbocycles. The van der Waals surface area contributed by atoms with Gasteiger partial charge >= 0.3 is 0 Å². The zero-order chi connectivity index (χ0) is 20.5. The molecule has 1 aliphatic carbocycles. The quantitative estimate of drug-likeness (QED) is 0.370. The zero-order valence-electron chi connectivity index (χ0n) is 18.4. The molecule has 0 saturated heterocycles. The van der Waals surface area contributed by atoms with Crippen molar-refractivity contribution in [1.29, 1.82) is 0 Å². The normalized spacial score (nSPS) is 19.4. The van der Waals surface area contributed by atoms with Crippen LogP contribution >= 0.6 is 0 Å². The second kappa shape index (κ2) is 11.5. The number of aryl methyl sites for hydroxylation is 2. The lowest BCUT2D eigenvalue weighted by atomic mass is 9.77. The average molecular weight is 396 g/mol. The molecular weight excluding hydrogens is 357 g/mol. The van der Waals surface area contributed by atoms with Crippen molar-refractivity contribution in [2.75, 3.05) is 0 Å². The van der Waals surface area contributed by atoms with Gasteiger partial charge in [-0.3, -0.25) is 4.98 Å². The SMILES string of the molecule is CCCCCC1CCC(CCc2ccc(-c3ccc(CCC)cn3)cc2F)CC1. The molecule has 1 heterocycles. The fraction of sp³-hybridized carbons (Fsp3) is 0.593. The van der Waals surface area contributed by atoms with E-state index < -0.39 is 0 Å². The van der Waals surface area contributed by atoms with E-state index in [4.69, 9.17) is 0 Å². The van der Waals surface area contributed by atoms with Gasteiger partial charge in [0.2, 0.25) is 0 Å². The molecule has 1 nitrogen and oxygen atoms in total. The van der Waals surface area contributed by atoms with Gasteiger partial charge in [-0.25, -0.2) is 4.39 Å². The van der Waals surface area contributed by atoms with Gasteiger partial charge in [0, 0.05) is 11.8 Å². The van der Waals surface area contributed by atoms with Crippen molar-refractivity contribution in [3.05, 3.63) is 53.5 Å². The third kappa shape index (κ3) is 6.66. The van der Waals surface area contributed by atoms with Gasteiger partial charge in [0.25, 0.3) is 0 Å². The number of rotatable bonds is 10. The van der Waals surface area contributed by atoms with E-state index in [0.717, 1.165) is 54.3 Å². The van der Waals surface area contributed by atoms with Gasteiger partial charge in [-0.2, -0.15) is 0 Å². The Bertz CT molecular complexity index is 729. The van der Waals surface area contributed by atoms with Gasteiger partial charge in [-0.05, 0) is 54.4 Å². The predicted molar refractivity (Wildman–Crippen MR) is 122 cm³/mol. The van der Waals surface area contributed by atoms with Crippen LogP contribution in [-0.4, -0.2) is 4.98 Å². The number of nitrogens with zero attached hydrogens (tertiary/aromatic N) is 1. The topological polar surface area (TPSA) is 12.9 Å². The molecule has 2 aromatic rings. The van der Waals surface area contributed by atoms with Gasteiger partial charge < -0.3 is 0 Å². The van der Waals surface area contributed by atoms with E-state index in [9.17, 15) is 4.39 Å². The molecule has 3 rings (SSSR count). The molecule has 29 heavy (non-hydrogen) atoms. The summed E-state index contributed by atoms with van der Waals surface area (Å²) in [5, 5.41) is 0. The van der Waals surface area contributed by atoms with E-state index in [0.29, 0.717) is 0 Å². The summed E-state index contributed by atoms with van der Waals surface area (Å²) in [6.07, 6.45) is 17.0. The summed E-state index contributed by atoms with van der Waals surface area (Å²) in [4.78, 5) is 4.52. The number of benzene rings is 1. The Morgan fingerprint density at radius 3 is 2.24 bits per heavy atom. The molecule has 0 radical (unpaired) electrons. The number of halogens is 1. The van der Waals surface area contributed by atoms with Crippen LogP contribution in [0.25, 0.3) is 11.3 Å². The van der Waals surface area contributed by atoms with Crippen LogP contribution in [0.1, 0.15) is 89.2 Å². The summed E-state index contributed by atoms with van der Waals surface area (Å²) >= 11 is 0. The predicted octanol–water partition coefficient (Wildman–Crippen LogP) is 8.16. The van der Waals surface area contributed by atoms with Crippen LogP contribution in [0.2, 0.25) is 0 Å². The first-order chi connectivity index (χ1) is 14.2.